The zero-order valence-corrected chi connectivity index (χ0v) is 19.7. The van der Waals surface area contributed by atoms with E-state index in [1.807, 2.05) is 0 Å². The summed E-state index contributed by atoms with van der Waals surface area (Å²) in [5.41, 5.74) is 3.27. The second-order valence-corrected chi connectivity index (χ2v) is 11.4. The minimum atomic E-state index is 0.223. The number of piperidine rings is 1. The molecule has 1 spiro atoms. The first-order chi connectivity index (χ1) is 15.1. The van der Waals surface area contributed by atoms with Gasteiger partial charge in [0.05, 0.1) is 6.04 Å². The van der Waals surface area contributed by atoms with E-state index in [1.54, 1.807) is 5.56 Å². The molecular weight excluding hydrogens is 380 g/mol. The lowest BCUT2D eigenvalue weighted by atomic mass is 9.63. The van der Waals surface area contributed by atoms with Crippen molar-refractivity contribution in [1.82, 2.24) is 10.2 Å². The van der Waals surface area contributed by atoms with Crippen LogP contribution in [0.4, 0.5) is 0 Å². The number of rotatable bonds is 6. The van der Waals surface area contributed by atoms with E-state index in [1.165, 1.54) is 70.0 Å². The lowest BCUT2D eigenvalue weighted by Crippen LogP contribution is -2.49. The van der Waals surface area contributed by atoms with Crippen LogP contribution in [0.25, 0.3) is 0 Å². The van der Waals surface area contributed by atoms with Crippen molar-refractivity contribution in [2.45, 2.75) is 102 Å². The summed E-state index contributed by atoms with van der Waals surface area (Å²) in [5.74, 6) is 2.49. The fourth-order valence-corrected chi connectivity index (χ4v) is 7.11. The Bertz CT molecular complexity index is 777. The molecule has 3 aliphatic carbocycles. The van der Waals surface area contributed by atoms with Gasteiger partial charge in [0.25, 0.3) is 0 Å². The highest BCUT2D eigenvalue weighted by Gasteiger charge is 2.43. The maximum absolute atomic E-state index is 12.4. The van der Waals surface area contributed by atoms with Gasteiger partial charge in [-0.05, 0) is 99.3 Å². The van der Waals surface area contributed by atoms with E-state index in [-0.39, 0.29) is 11.9 Å². The number of carbonyl (C=O) groups excluding carboxylic acids is 1. The molecule has 4 aliphatic rings. The highest BCUT2D eigenvalue weighted by atomic mass is 16.2. The maximum Gasteiger partial charge on any atom is 0.223 e. The third-order valence-electron chi connectivity index (χ3n) is 9.24. The van der Waals surface area contributed by atoms with Crippen molar-refractivity contribution in [3.63, 3.8) is 0 Å². The van der Waals surface area contributed by atoms with E-state index in [4.69, 9.17) is 0 Å². The van der Waals surface area contributed by atoms with Crippen molar-refractivity contribution in [3.8, 4) is 0 Å². The summed E-state index contributed by atoms with van der Waals surface area (Å²) in [6, 6.07) is 10.0. The third kappa shape index (κ3) is 4.45. The molecule has 1 aromatic rings. The standard InChI is InChI=1S/C28H42N2O/c1-3-23(19-21-9-8-20(2)18-21)30-16-14-28(15-17-30)13-12-26(29-27(31)22-10-11-22)24-6-4-5-7-25(24)28/h4-7,20-23,26H,3,8-19H2,1-2H3,(H,29,31)/t20?,21?,23-,26-/m0/s1. The Morgan fingerprint density at radius 3 is 2.55 bits per heavy atom. The molecule has 5 rings (SSSR count). The highest BCUT2D eigenvalue weighted by molar-refractivity contribution is 5.81. The van der Waals surface area contributed by atoms with Crippen molar-refractivity contribution in [2.24, 2.45) is 17.8 Å². The molecule has 170 valence electrons. The van der Waals surface area contributed by atoms with E-state index < -0.39 is 0 Å². The number of fused-ring (bicyclic) bond motifs is 2. The van der Waals surface area contributed by atoms with E-state index >= 15 is 0 Å². The molecule has 1 aromatic carbocycles. The van der Waals surface area contributed by atoms with Gasteiger partial charge in [-0.25, -0.2) is 0 Å². The second kappa shape index (κ2) is 8.89. The number of nitrogens with zero attached hydrogens (tertiary/aromatic N) is 1. The van der Waals surface area contributed by atoms with Crippen LogP contribution in [0.5, 0.6) is 0 Å². The molecule has 1 amide bonds. The first-order valence-corrected chi connectivity index (χ1v) is 13.2. The third-order valence-corrected chi connectivity index (χ3v) is 9.24. The summed E-state index contributed by atoms with van der Waals surface area (Å²) in [6.45, 7) is 7.32. The lowest BCUT2D eigenvalue weighted by molar-refractivity contribution is -0.123. The van der Waals surface area contributed by atoms with E-state index in [2.05, 4.69) is 48.3 Å². The van der Waals surface area contributed by atoms with Gasteiger partial charge in [-0.2, -0.15) is 0 Å². The van der Waals surface area contributed by atoms with E-state index in [0.29, 0.717) is 11.3 Å². The van der Waals surface area contributed by atoms with Gasteiger partial charge in [0.1, 0.15) is 0 Å². The van der Waals surface area contributed by atoms with Gasteiger partial charge in [-0.3, -0.25) is 4.79 Å². The predicted molar refractivity (Wildman–Crippen MR) is 127 cm³/mol. The molecule has 1 aliphatic heterocycles. The minimum absolute atomic E-state index is 0.223. The van der Waals surface area contributed by atoms with Crippen LogP contribution in [0.2, 0.25) is 0 Å². The van der Waals surface area contributed by atoms with Crippen LogP contribution in [0, 0.1) is 17.8 Å². The van der Waals surface area contributed by atoms with Crippen LogP contribution in [0.3, 0.4) is 0 Å². The van der Waals surface area contributed by atoms with Gasteiger partial charge in [0, 0.05) is 12.0 Å². The highest BCUT2D eigenvalue weighted by Crippen LogP contribution is 2.49. The van der Waals surface area contributed by atoms with Crippen molar-refractivity contribution in [2.75, 3.05) is 13.1 Å². The molecule has 3 nitrogen and oxygen atoms in total. The summed E-state index contributed by atoms with van der Waals surface area (Å²) >= 11 is 0. The average Bonchev–Trinajstić information content (AvgIpc) is 3.57. The van der Waals surface area contributed by atoms with Crippen LogP contribution >= 0.6 is 0 Å². The lowest BCUT2D eigenvalue weighted by Gasteiger charge is -2.49. The summed E-state index contributed by atoms with van der Waals surface area (Å²) in [6.07, 6.45) is 14.1. The Labute approximate surface area is 189 Å². The SMILES string of the molecule is CC[C@@H](CC1CCC(C)C1)N1CCC2(CC[C@H](NC(=O)C3CC3)c3ccccc32)CC1. The smallest absolute Gasteiger partial charge is 0.223 e. The topological polar surface area (TPSA) is 32.3 Å². The second-order valence-electron chi connectivity index (χ2n) is 11.4. The molecule has 0 bridgehead atoms. The number of likely N-dealkylation sites (tertiary alicyclic amines) is 1. The molecule has 3 heteroatoms. The van der Waals surface area contributed by atoms with Gasteiger partial charge in [-0.15, -0.1) is 0 Å². The molecule has 0 aromatic heterocycles. The number of carbonyl (C=O) groups is 1. The number of nitrogens with one attached hydrogen (secondary N) is 1. The Hall–Kier alpha value is -1.35. The number of amides is 1. The average molecular weight is 423 g/mol. The Morgan fingerprint density at radius 2 is 1.87 bits per heavy atom. The van der Waals surface area contributed by atoms with Gasteiger partial charge < -0.3 is 10.2 Å². The van der Waals surface area contributed by atoms with Crippen LogP contribution < -0.4 is 5.32 Å². The molecule has 0 radical (unpaired) electrons. The van der Waals surface area contributed by atoms with Crippen molar-refractivity contribution in [3.05, 3.63) is 35.4 Å². The van der Waals surface area contributed by atoms with Crippen LogP contribution in [0.15, 0.2) is 24.3 Å². The first-order valence-electron chi connectivity index (χ1n) is 13.2. The summed E-state index contributed by atoms with van der Waals surface area (Å²) < 4.78 is 0. The van der Waals surface area contributed by atoms with Gasteiger partial charge in [0.2, 0.25) is 5.91 Å². The van der Waals surface area contributed by atoms with Crippen LogP contribution in [0.1, 0.15) is 102 Å². The van der Waals surface area contributed by atoms with Crippen LogP contribution in [-0.2, 0) is 10.2 Å². The molecule has 31 heavy (non-hydrogen) atoms. The molecule has 2 unspecified atom stereocenters. The van der Waals surface area contributed by atoms with E-state index in [9.17, 15) is 4.79 Å². The van der Waals surface area contributed by atoms with E-state index in [0.717, 1.165) is 37.1 Å². The molecule has 1 N–H and O–H groups in total. The summed E-state index contributed by atoms with van der Waals surface area (Å²) in [4.78, 5) is 15.3. The first kappa shape index (κ1) is 21.5. The quantitative estimate of drug-likeness (QED) is 0.611. The Balaban J connectivity index is 1.26. The normalized spacial score (nSPS) is 31.4. The number of benzene rings is 1. The summed E-state index contributed by atoms with van der Waals surface area (Å²) in [5, 5.41) is 3.39. The van der Waals surface area contributed by atoms with Crippen molar-refractivity contribution < 1.29 is 4.79 Å². The van der Waals surface area contributed by atoms with Gasteiger partial charge in [0.15, 0.2) is 0 Å². The fraction of sp³-hybridized carbons (Fsp3) is 0.750. The number of hydrogen-bond acceptors (Lipinski definition) is 2. The van der Waals surface area contributed by atoms with Crippen molar-refractivity contribution in [1.29, 1.82) is 0 Å². The minimum Gasteiger partial charge on any atom is -0.349 e. The predicted octanol–water partition coefficient (Wildman–Crippen LogP) is 5.99. The van der Waals surface area contributed by atoms with Crippen LogP contribution in [-0.4, -0.2) is 29.9 Å². The Morgan fingerprint density at radius 1 is 1.10 bits per heavy atom. The maximum atomic E-state index is 12.4. The van der Waals surface area contributed by atoms with Crippen molar-refractivity contribution >= 4 is 5.91 Å². The monoisotopic (exact) mass is 422 g/mol. The Kier molecular flexibility index (Phi) is 6.16. The molecule has 3 fully saturated rings. The molecule has 1 heterocycles. The largest absolute Gasteiger partial charge is 0.349 e. The zero-order chi connectivity index (χ0) is 21.4. The van der Waals surface area contributed by atoms with Gasteiger partial charge >= 0.3 is 0 Å². The molecule has 4 atom stereocenters. The van der Waals surface area contributed by atoms with Gasteiger partial charge in [-0.1, -0.05) is 51.0 Å². The summed E-state index contributed by atoms with van der Waals surface area (Å²) in [7, 11) is 0. The molecular formula is C28H42N2O. The fourth-order valence-electron chi connectivity index (χ4n) is 7.11. The molecule has 2 saturated carbocycles. The molecule has 1 saturated heterocycles. The number of hydrogen-bond donors (Lipinski definition) is 1. The zero-order valence-electron chi connectivity index (χ0n) is 19.7.